The van der Waals surface area contributed by atoms with Gasteiger partial charge < -0.3 is 5.32 Å². The Morgan fingerprint density at radius 3 is 2.21 bits per heavy atom. The number of hydrogen-bond donors (Lipinski definition) is 1. The van der Waals surface area contributed by atoms with E-state index in [0.717, 1.165) is 19.4 Å². The molecular weight excluding hydrogens is 198 g/mol. The zero-order chi connectivity index (χ0) is 11.0. The van der Waals surface area contributed by atoms with E-state index >= 15 is 0 Å². The van der Waals surface area contributed by atoms with Gasteiger partial charge in [0.25, 0.3) is 0 Å². The molecule has 0 aliphatic carbocycles. The quantitative estimate of drug-likeness (QED) is 0.721. The summed E-state index contributed by atoms with van der Waals surface area (Å²) in [5, 5.41) is 3.12. The second kappa shape index (κ2) is 3.81. The normalized spacial score (nSPS) is 30.3. The fraction of sp³-hybridized carbons (Fsp3) is 1.00. The summed E-state index contributed by atoms with van der Waals surface area (Å²) in [5.41, 5.74) is 0.00810. The van der Waals surface area contributed by atoms with Crippen LogP contribution in [0.25, 0.3) is 0 Å². The summed E-state index contributed by atoms with van der Waals surface area (Å²) in [6.45, 7) is 7.21. The van der Waals surface area contributed by atoms with Gasteiger partial charge in [-0.2, -0.15) is 0 Å². The highest BCUT2D eigenvalue weighted by atomic mass is 32.2. The molecule has 2 unspecified atom stereocenters. The molecular formula is C10H21NO2S. The van der Waals surface area contributed by atoms with Crippen molar-refractivity contribution in [2.24, 2.45) is 5.41 Å². The zero-order valence-electron chi connectivity index (χ0n) is 9.50. The molecule has 1 N–H and O–H groups in total. The lowest BCUT2D eigenvalue weighted by Crippen LogP contribution is -2.54. The number of rotatable bonds is 1. The second-order valence-electron chi connectivity index (χ2n) is 5.31. The molecule has 0 amide bonds. The summed E-state index contributed by atoms with van der Waals surface area (Å²) in [7, 11) is -2.92. The monoisotopic (exact) mass is 219 g/mol. The van der Waals surface area contributed by atoms with E-state index in [2.05, 4.69) is 26.1 Å². The molecule has 0 aromatic carbocycles. The largest absolute Gasteiger partial charge is 0.312 e. The molecule has 1 saturated heterocycles. The van der Waals surface area contributed by atoms with Crippen molar-refractivity contribution in [3.63, 3.8) is 0 Å². The van der Waals surface area contributed by atoms with Crippen molar-refractivity contribution in [2.45, 2.75) is 44.9 Å². The van der Waals surface area contributed by atoms with Gasteiger partial charge in [-0.05, 0) is 24.8 Å². The first kappa shape index (κ1) is 12.0. The van der Waals surface area contributed by atoms with Gasteiger partial charge in [0, 0.05) is 12.3 Å². The first-order valence-corrected chi connectivity index (χ1v) is 7.10. The first-order valence-electron chi connectivity index (χ1n) is 5.15. The Balaban J connectivity index is 2.91. The van der Waals surface area contributed by atoms with Crippen molar-refractivity contribution in [2.75, 3.05) is 12.8 Å². The van der Waals surface area contributed by atoms with Crippen LogP contribution < -0.4 is 5.32 Å². The van der Waals surface area contributed by atoms with Crippen molar-refractivity contribution in [1.82, 2.24) is 5.32 Å². The van der Waals surface area contributed by atoms with Crippen molar-refractivity contribution >= 4 is 9.84 Å². The average molecular weight is 219 g/mol. The molecule has 0 spiro atoms. The Labute approximate surface area is 87.2 Å². The highest BCUT2D eigenvalue weighted by molar-refractivity contribution is 7.91. The van der Waals surface area contributed by atoms with Crippen LogP contribution in [0.15, 0.2) is 0 Å². The molecule has 0 saturated carbocycles. The van der Waals surface area contributed by atoms with Crippen LogP contribution in [0.1, 0.15) is 33.6 Å². The first-order chi connectivity index (χ1) is 6.23. The van der Waals surface area contributed by atoms with Gasteiger partial charge in [0.2, 0.25) is 0 Å². The maximum Gasteiger partial charge on any atom is 0.151 e. The van der Waals surface area contributed by atoms with Gasteiger partial charge >= 0.3 is 0 Å². The van der Waals surface area contributed by atoms with Crippen LogP contribution >= 0.6 is 0 Å². The minimum atomic E-state index is -2.92. The van der Waals surface area contributed by atoms with Crippen LogP contribution in [0, 0.1) is 5.41 Å². The molecule has 3 nitrogen and oxygen atoms in total. The van der Waals surface area contributed by atoms with Gasteiger partial charge in [-0.3, -0.25) is 0 Å². The molecule has 1 aliphatic rings. The lowest BCUT2D eigenvalue weighted by molar-refractivity contribution is 0.228. The Hall–Kier alpha value is -0.0900. The van der Waals surface area contributed by atoms with Crippen LogP contribution in [0.3, 0.4) is 0 Å². The van der Waals surface area contributed by atoms with Crippen molar-refractivity contribution in [1.29, 1.82) is 0 Å². The standard InChI is InChI=1S/C10H21NO2S/c1-10(2,3)9-8(14(4,12)13)6-5-7-11-9/h8-9,11H,5-7H2,1-4H3. The van der Waals surface area contributed by atoms with Gasteiger partial charge in [-0.1, -0.05) is 20.8 Å². The molecule has 1 fully saturated rings. The Morgan fingerprint density at radius 1 is 1.29 bits per heavy atom. The highest BCUT2D eigenvalue weighted by Gasteiger charge is 2.39. The SMILES string of the molecule is CC(C)(C)C1NCCCC1S(C)(=O)=O. The van der Waals surface area contributed by atoms with E-state index in [9.17, 15) is 8.42 Å². The minimum absolute atomic E-state index is 0.00810. The maximum atomic E-state index is 11.6. The summed E-state index contributed by atoms with van der Waals surface area (Å²) in [4.78, 5) is 0. The average Bonchev–Trinajstić information content (AvgIpc) is 2.01. The molecule has 0 aromatic rings. The van der Waals surface area contributed by atoms with E-state index in [4.69, 9.17) is 0 Å². The van der Waals surface area contributed by atoms with E-state index in [-0.39, 0.29) is 16.7 Å². The third kappa shape index (κ3) is 2.70. The van der Waals surface area contributed by atoms with Crippen LogP contribution in [0.4, 0.5) is 0 Å². The van der Waals surface area contributed by atoms with Gasteiger partial charge in [0.05, 0.1) is 5.25 Å². The van der Waals surface area contributed by atoms with E-state index in [1.54, 1.807) is 0 Å². The fourth-order valence-corrected chi connectivity index (χ4v) is 3.78. The third-order valence-corrected chi connectivity index (χ3v) is 4.49. The number of piperidine rings is 1. The number of nitrogens with one attached hydrogen (secondary N) is 1. The summed E-state index contributed by atoms with van der Waals surface area (Å²) >= 11 is 0. The smallest absolute Gasteiger partial charge is 0.151 e. The van der Waals surface area contributed by atoms with Crippen LogP contribution in [0.5, 0.6) is 0 Å². The maximum absolute atomic E-state index is 11.6. The molecule has 0 bridgehead atoms. The molecule has 1 aliphatic heterocycles. The van der Waals surface area contributed by atoms with Crippen molar-refractivity contribution in [3.8, 4) is 0 Å². The minimum Gasteiger partial charge on any atom is -0.312 e. The van der Waals surface area contributed by atoms with E-state index in [1.165, 1.54) is 6.26 Å². The van der Waals surface area contributed by atoms with Crippen LogP contribution in [-0.4, -0.2) is 32.5 Å². The molecule has 0 aromatic heterocycles. The predicted octanol–water partition coefficient (Wildman–Crippen LogP) is 1.20. The summed E-state index contributed by atoms with van der Waals surface area (Å²) in [6.07, 6.45) is 3.11. The molecule has 0 radical (unpaired) electrons. The van der Waals surface area contributed by atoms with Crippen molar-refractivity contribution < 1.29 is 8.42 Å². The zero-order valence-corrected chi connectivity index (χ0v) is 10.3. The fourth-order valence-electron chi connectivity index (χ4n) is 2.18. The molecule has 1 rings (SSSR count). The Bertz CT molecular complexity index is 290. The predicted molar refractivity (Wildman–Crippen MR) is 59.1 cm³/mol. The van der Waals surface area contributed by atoms with Gasteiger partial charge in [0.15, 0.2) is 9.84 Å². The van der Waals surface area contributed by atoms with Crippen LogP contribution in [0.2, 0.25) is 0 Å². The highest BCUT2D eigenvalue weighted by Crippen LogP contribution is 2.29. The topological polar surface area (TPSA) is 46.2 Å². The Kier molecular flexibility index (Phi) is 3.26. The third-order valence-electron chi connectivity index (χ3n) is 2.88. The molecule has 14 heavy (non-hydrogen) atoms. The summed E-state index contributed by atoms with van der Waals surface area (Å²) in [5.74, 6) is 0. The summed E-state index contributed by atoms with van der Waals surface area (Å²) in [6, 6.07) is 0.0891. The number of hydrogen-bond acceptors (Lipinski definition) is 3. The van der Waals surface area contributed by atoms with Gasteiger partial charge in [-0.25, -0.2) is 8.42 Å². The van der Waals surface area contributed by atoms with E-state index in [1.807, 2.05) is 0 Å². The van der Waals surface area contributed by atoms with Gasteiger partial charge in [-0.15, -0.1) is 0 Å². The number of sulfone groups is 1. The molecule has 4 heteroatoms. The lowest BCUT2D eigenvalue weighted by Gasteiger charge is -2.40. The molecule has 2 atom stereocenters. The van der Waals surface area contributed by atoms with E-state index in [0.29, 0.717) is 0 Å². The van der Waals surface area contributed by atoms with Crippen LogP contribution in [-0.2, 0) is 9.84 Å². The van der Waals surface area contributed by atoms with Gasteiger partial charge in [0.1, 0.15) is 0 Å². The molecule has 84 valence electrons. The lowest BCUT2D eigenvalue weighted by atomic mass is 9.82. The summed E-state index contributed by atoms with van der Waals surface area (Å²) < 4.78 is 23.2. The van der Waals surface area contributed by atoms with Crippen molar-refractivity contribution in [3.05, 3.63) is 0 Å². The molecule has 1 heterocycles. The van der Waals surface area contributed by atoms with E-state index < -0.39 is 9.84 Å². The Morgan fingerprint density at radius 2 is 1.86 bits per heavy atom. The second-order valence-corrected chi connectivity index (χ2v) is 7.57.